The van der Waals surface area contributed by atoms with Gasteiger partial charge in [-0.05, 0) is 54.4 Å². The Kier molecular flexibility index (Phi) is 6.08. The smallest absolute Gasteiger partial charge is 0.320 e. The third kappa shape index (κ3) is 4.21. The number of amides is 2. The Hall–Kier alpha value is -2.04. The van der Waals surface area contributed by atoms with Crippen molar-refractivity contribution in [3.05, 3.63) is 70.0 Å². The number of hydrogen-bond acceptors (Lipinski definition) is 2. The number of benzene rings is 1. The molecule has 3 aliphatic carbocycles. The maximum absolute atomic E-state index is 13.2. The van der Waals surface area contributed by atoms with Gasteiger partial charge in [-0.3, -0.25) is 4.98 Å². The lowest BCUT2D eigenvalue weighted by Gasteiger charge is -2.57. The SMILES string of the molecule is CC1(C)C2CC=C(CN(CCc3ccccn3)C(=O)Nc3cccc(Cl)c3Cl)C1C2. The molecule has 2 aromatic rings. The second kappa shape index (κ2) is 8.60. The van der Waals surface area contributed by atoms with Crippen molar-refractivity contribution in [2.75, 3.05) is 18.4 Å². The van der Waals surface area contributed by atoms with Crippen LogP contribution in [-0.2, 0) is 6.42 Å². The van der Waals surface area contributed by atoms with Crippen LogP contribution >= 0.6 is 23.2 Å². The summed E-state index contributed by atoms with van der Waals surface area (Å²) in [6.07, 6.45) is 7.16. The van der Waals surface area contributed by atoms with E-state index in [1.54, 1.807) is 24.4 Å². The molecule has 1 N–H and O–H groups in total. The Morgan fingerprint density at radius 3 is 2.77 bits per heavy atom. The predicted octanol–water partition coefficient (Wildman–Crippen LogP) is 6.46. The monoisotopic (exact) mass is 443 g/mol. The van der Waals surface area contributed by atoms with Crippen LogP contribution in [0, 0.1) is 17.3 Å². The first-order valence-electron chi connectivity index (χ1n) is 10.4. The summed E-state index contributed by atoms with van der Waals surface area (Å²) in [6, 6.07) is 10.9. The molecule has 5 rings (SSSR count). The number of aromatic nitrogens is 1. The molecule has 0 saturated heterocycles. The standard InChI is InChI=1S/C24H27Cl2N3O/c1-24(2)17-10-9-16(19(24)14-17)15-29(13-11-18-6-3-4-12-27-18)23(30)28-21-8-5-7-20(25)22(21)26/h3-9,12,17,19H,10-11,13-15H2,1-2H3,(H,28,30). The lowest BCUT2D eigenvalue weighted by Crippen LogP contribution is -2.50. The minimum atomic E-state index is -0.171. The van der Waals surface area contributed by atoms with Crippen molar-refractivity contribution in [3.63, 3.8) is 0 Å². The summed E-state index contributed by atoms with van der Waals surface area (Å²) in [6.45, 7) is 5.90. The number of fused-ring (bicyclic) bond motifs is 1. The van der Waals surface area contributed by atoms with Gasteiger partial charge >= 0.3 is 6.03 Å². The molecular formula is C24H27Cl2N3O. The topological polar surface area (TPSA) is 45.2 Å². The normalized spacial score (nSPS) is 21.4. The number of carbonyl (C=O) groups is 1. The Morgan fingerprint density at radius 2 is 2.07 bits per heavy atom. The zero-order valence-electron chi connectivity index (χ0n) is 17.4. The maximum Gasteiger partial charge on any atom is 0.322 e. The quantitative estimate of drug-likeness (QED) is 0.520. The van der Waals surface area contributed by atoms with Gasteiger partial charge in [-0.25, -0.2) is 4.79 Å². The molecule has 3 aliphatic rings. The van der Waals surface area contributed by atoms with Crippen LogP contribution < -0.4 is 5.32 Å². The van der Waals surface area contributed by atoms with Crippen molar-refractivity contribution < 1.29 is 4.79 Å². The van der Waals surface area contributed by atoms with E-state index in [1.165, 1.54) is 12.0 Å². The number of urea groups is 1. The number of hydrogen-bond donors (Lipinski definition) is 1. The van der Waals surface area contributed by atoms with Gasteiger partial charge in [0, 0.05) is 31.4 Å². The molecule has 2 unspecified atom stereocenters. The van der Waals surface area contributed by atoms with Gasteiger partial charge in [-0.2, -0.15) is 0 Å². The van der Waals surface area contributed by atoms with E-state index in [4.69, 9.17) is 23.2 Å². The number of anilines is 1. The Bertz CT molecular complexity index is 958. The molecule has 30 heavy (non-hydrogen) atoms. The van der Waals surface area contributed by atoms with Crippen LogP contribution in [0.2, 0.25) is 10.0 Å². The van der Waals surface area contributed by atoms with Gasteiger partial charge in [-0.15, -0.1) is 0 Å². The molecule has 2 bridgehead atoms. The van der Waals surface area contributed by atoms with Gasteiger partial charge in [0.25, 0.3) is 0 Å². The number of allylic oxidation sites excluding steroid dienone is 1. The van der Waals surface area contributed by atoms with Crippen molar-refractivity contribution in [2.24, 2.45) is 17.3 Å². The molecule has 2 atom stereocenters. The molecule has 0 radical (unpaired) electrons. The van der Waals surface area contributed by atoms with Crippen LogP contribution in [0.1, 0.15) is 32.4 Å². The number of nitrogens with one attached hydrogen (secondary N) is 1. The largest absolute Gasteiger partial charge is 0.322 e. The average molecular weight is 444 g/mol. The molecule has 1 aromatic carbocycles. The highest BCUT2D eigenvalue weighted by atomic mass is 35.5. The van der Waals surface area contributed by atoms with Crippen LogP contribution in [-0.4, -0.2) is 29.0 Å². The first-order valence-corrected chi connectivity index (χ1v) is 11.2. The van der Waals surface area contributed by atoms with E-state index < -0.39 is 0 Å². The van der Waals surface area contributed by atoms with Gasteiger partial charge in [0.15, 0.2) is 0 Å². The summed E-state index contributed by atoms with van der Waals surface area (Å²) in [5.41, 5.74) is 3.19. The third-order valence-corrected chi connectivity index (χ3v) is 7.62. The lowest BCUT2D eigenvalue weighted by molar-refractivity contribution is -0.00949. The fourth-order valence-corrected chi connectivity index (χ4v) is 5.07. The van der Waals surface area contributed by atoms with Gasteiger partial charge in [-0.1, -0.05) is 60.8 Å². The number of carbonyl (C=O) groups excluding carboxylic acids is 1. The van der Waals surface area contributed by atoms with Crippen molar-refractivity contribution in [2.45, 2.75) is 33.1 Å². The molecule has 1 heterocycles. The van der Waals surface area contributed by atoms with E-state index in [2.05, 4.69) is 30.2 Å². The van der Waals surface area contributed by atoms with Crippen LogP contribution in [0.3, 0.4) is 0 Å². The summed E-state index contributed by atoms with van der Waals surface area (Å²) >= 11 is 12.4. The molecule has 0 aliphatic heterocycles. The molecule has 2 amide bonds. The number of pyridine rings is 1. The summed E-state index contributed by atoms with van der Waals surface area (Å²) in [4.78, 5) is 19.5. The lowest BCUT2D eigenvalue weighted by atomic mass is 9.49. The minimum Gasteiger partial charge on any atom is -0.320 e. The molecule has 1 saturated carbocycles. The predicted molar refractivity (Wildman–Crippen MR) is 123 cm³/mol. The van der Waals surface area contributed by atoms with Gasteiger partial charge in [0.1, 0.15) is 0 Å². The van der Waals surface area contributed by atoms with Crippen molar-refractivity contribution in [1.82, 2.24) is 9.88 Å². The second-order valence-corrected chi connectivity index (χ2v) is 9.63. The third-order valence-electron chi connectivity index (χ3n) is 6.80. The number of halogens is 2. The van der Waals surface area contributed by atoms with Crippen molar-refractivity contribution in [1.29, 1.82) is 0 Å². The van der Waals surface area contributed by atoms with E-state index in [0.29, 0.717) is 46.6 Å². The minimum absolute atomic E-state index is 0.171. The highest BCUT2D eigenvalue weighted by Crippen LogP contribution is 2.59. The molecule has 4 nitrogen and oxygen atoms in total. The molecule has 1 fully saturated rings. The summed E-state index contributed by atoms with van der Waals surface area (Å²) < 4.78 is 0. The van der Waals surface area contributed by atoms with Crippen LogP contribution in [0.25, 0.3) is 0 Å². The molecular weight excluding hydrogens is 417 g/mol. The summed E-state index contributed by atoms with van der Waals surface area (Å²) in [5, 5.41) is 3.73. The fourth-order valence-electron chi connectivity index (χ4n) is 4.72. The molecule has 0 spiro atoms. The van der Waals surface area contributed by atoms with Gasteiger partial charge in [0.05, 0.1) is 15.7 Å². The van der Waals surface area contributed by atoms with E-state index in [1.807, 2.05) is 23.1 Å². The number of rotatable bonds is 6. The van der Waals surface area contributed by atoms with Crippen LogP contribution in [0.5, 0.6) is 0 Å². The molecule has 6 heteroatoms. The van der Waals surface area contributed by atoms with E-state index >= 15 is 0 Å². The van der Waals surface area contributed by atoms with Crippen molar-refractivity contribution >= 4 is 34.9 Å². The molecule has 158 valence electrons. The fraction of sp³-hybridized carbons (Fsp3) is 0.417. The Balaban J connectivity index is 1.51. The van der Waals surface area contributed by atoms with Gasteiger partial charge in [0.2, 0.25) is 0 Å². The first kappa shape index (κ1) is 21.2. The first-order chi connectivity index (χ1) is 14.4. The second-order valence-electron chi connectivity index (χ2n) is 8.85. The Labute approximate surface area is 188 Å². The van der Waals surface area contributed by atoms with E-state index in [0.717, 1.165) is 18.0 Å². The Morgan fingerprint density at radius 1 is 1.23 bits per heavy atom. The van der Waals surface area contributed by atoms with Crippen LogP contribution in [0.15, 0.2) is 54.2 Å². The molecule has 1 aromatic heterocycles. The van der Waals surface area contributed by atoms with Crippen LogP contribution in [0.4, 0.5) is 10.5 Å². The maximum atomic E-state index is 13.2. The zero-order chi connectivity index (χ0) is 21.3. The summed E-state index contributed by atoms with van der Waals surface area (Å²) in [7, 11) is 0. The zero-order valence-corrected chi connectivity index (χ0v) is 18.9. The highest BCUT2D eigenvalue weighted by Gasteiger charge is 2.51. The average Bonchev–Trinajstić information content (AvgIpc) is 2.75. The summed E-state index contributed by atoms with van der Waals surface area (Å²) in [5.74, 6) is 1.32. The van der Waals surface area contributed by atoms with Gasteiger partial charge < -0.3 is 10.2 Å². The van der Waals surface area contributed by atoms with E-state index in [-0.39, 0.29) is 6.03 Å². The van der Waals surface area contributed by atoms with E-state index in [9.17, 15) is 4.79 Å². The highest BCUT2D eigenvalue weighted by molar-refractivity contribution is 6.43. The number of nitrogens with zero attached hydrogens (tertiary/aromatic N) is 2. The van der Waals surface area contributed by atoms with Crippen molar-refractivity contribution in [3.8, 4) is 0 Å².